The Morgan fingerprint density at radius 3 is 2.36 bits per heavy atom. The maximum atomic E-state index is 11.6. The molecule has 3 heteroatoms. The second kappa shape index (κ2) is 4.60. The predicted molar refractivity (Wildman–Crippen MR) is 58.1 cm³/mol. The van der Waals surface area contributed by atoms with Crippen molar-refractivity contribution in [1.29, 1.82) is 0 Å². The zero-order chi connectivity index (χ0) is 10.7. The number of piperidine rings is 1. The first-order valence-electron chi connectivity index (χ1n) is 5.13. The zero-order valence-corrected chi connectivity index (χ0v) is 9.42. The summed E-state index contributed by atoms with van der Waals surface area (Å²) < 4.78 is 0. The molecule has 0 aromatic rings. The summed E-state index contributed by atoms with van der Waals surface area (Å²) in [6.45, 7) is 7.62. The van der Waals surface area contributed by atoms with Gasteiger partial charge in [0, 0.05) is 18.7 Å². The summed E-state index contributed by atoms with van der Waals surface area (Å²) in [6, 6.07) is 0.399. The van der Waals surface area contributed by atoms with Gasteiger partial charge in [-0.1, -0.05) is 6.58 Å². The van der Waals surface area contributed by atoms with E-state index in [9.17, 15) is 4.79 Å². The summed E-state index contributed by atoms with van der Waals surface area (Å²) in [6.07, 6.45) is 2.15. The van der Waals surface area contributed by atoms with Gasteiger partial charge in [-0.05, 0) is 39.9 Å². The number of nitrogens with zero attached hydrogens (tertiary/aromatic N) is 2. The molecule has 0 bridgehead atoms. The van der Waals surface area contributed by atoms with Crippen LogP contribution >= 0.6 is 0 Å². The van der Waals surface area contributed by atoms with Crippen molar-refractivity contribution in [2.75, 3.05) is 27.2 Å². The van der Waals surface area contributed by atoms with Gasteiger partial charge in [0.2, 0.25) is 5.91 Å². The summed E-state index contributed by atoms with van der Waals surface area (Å²) in [4.78, 5) is 15.8. The molecule has 80 valence electrons. The number of rotatable bonds is 2. The van der Waals surface area contributed by atoms with Crippen LogP contribution in [0.1, 0.15) is 19.8 Å². The monoisotopic (exact) mass is 196 g/mol. The normalized spacial score (nSPS) is 19.4. The van der Waals surface area contributed by atoms with E-state index in [-0.39, 0.29) is 5.91 Å². The van der Waals surface area contributed by atoms with Gasteiger partial charge in [0.1, 0.15) is 0 Å². The Hall–Kier alpha value is -0.830. The smallest absolute Gasteiger partial charge is 0.248 e. The Morgan fingerprint density at radius 1 is 1.43 bits per heavy atom. The van der Waals surface area contributed by atoms with Gasteiger partial charge < -0.3 is 9.80 Å². The van der Waals surface area contributed by atoms with Crippen LogP contribution in [0.5, 0.6) is 0 Å². The highest BCUT2D eigenvalue weighted by atomic mass is 16.2. The minimum Gasteiger partial charge on any atom is -0.339 e. The zero-order valence-electron chi connectivity index (χ0n) is 9.42. The quantitative estimate of drug-likeness (QED) is 0.618. The Morgan fingerprint density at radius 2 is 1.93 bits per heavy atom. The molecule has 1 heterocycles. The molecule has 1 saturated heterocycles. The topological polar surface area (TPSA) is 23.6 Å². The lowest BCUT2D eigenvalue weighted by Crippen LogP contribution is -2.44. The lowest BCUT2D eigenvalue weighted by atomic mass is 10.0. The molecule has 1 fully saturated rings. The van der Waals surface area contributed by atoms with Crippen molar-refractivity contribution in [2.45, 2.75) is 25.8 Å². The fraction of sp³-hybridized carbons (Fsp3) is 0.727. The molecule has 1 aliphatic heterocycles. The van der Waals surface area contributed by atoms with Gasteiger partial charge in [0.25, 0.3) is 0 Å². The van der Waals surface area contributed by atoms with E-state index in [4.69, 9.17) is 0 Å². The summed E-state index contributed by atoms with van der Waals surface area (Å²) in [5.41, 5.74) is 0.631. The van der Waals surface area contributed by atoms with E-state index >= 15 is 0 Å². The van der Waals surface area contributed by atoms with Crippen molar-refractivity contribution in [3.63, 3.8) is 0 Å². The maximum absolute atomic E-state index is 11.6. The van der Waals surface area contributed by atoms with Crippen molar-refractivity contribution in [1.82, 2.24) is 9.80 Å². The molecule has 1 aliphatic rings. The highest BCUT2D eigenvalue weighted by molar-refractivity contribution is 5.92. The molecular weight excluding hydrogens is 176 g/mol. The number of carbonyl (C=O) groups is 1. The Labute approximate surface area is 86.4 Å². The molecule has 1 rings (SSSR count). The van der Waals surface area contributed by atoms with Gasteiger partial charge in [-0.15, -0.1) is 0 Å². The molecule has 0 aromatic carbocycles. The van der Waals surface area contributed by atoms with Gasteiger partial charge in [-0.2, -0.15) is 0 Å². The molecule has 0 N–H and O–H groups in total. The standard InChI is InChI=1S/C11H20N2O/c1-9(2)11(14)13(4)10-5-7-12(3)8-6-10/h10H,1,5-8H2,2-4H3. The fourth-order valence-electron chi connectivity index (χ4n) is 1.85. The number of amides is 1. The first-order chi connectivity index (χ1) is 6.52. The first-order valence-corrected chi connectivity index (χ1v) is 5.13. The lowest BCUT2D eigenvalue weighted by molar-refractivity contribution is -0.128. The Kier molecular flexibility index (Phi) is 3.69. The number of likely N-dealkylation sites (tertiary alicyclic amines) is 1. The predicted octanol–water partition coefficient (Wildman–Crippen LogP) is 1.12. The van der Waals surface area contributed by atoms with Crippen LogP contribution in [0.15, 0.2) is 12.2 Å². The molecule has 0 aliphatic carbocycles. The third-order valence-corrected chi connectivity index (χ3v) is 2.92. The minimum atomic E-state index is 0.0829. The van der Waals surface area contributed by atoms with Crippen molar-refractivity contribution >= 4 is 5.91 Å². The van der Waals surface area contributed by atoms with Crippen LogP contribution in [0.2, 0.25) is 0 Å². The molecular formula is C11H20N2O. The highest BCUT2D eigenvalue weighted by Gasteiger charge is 2.23. The molecule has 0 saturated carbocycles. The highest BCUT2D eigenvalue weighted by Crippen LogP contribution is 2.15. The summed E-state index contributed by atoms with van der Waals surface area (Å²) in [7, 11) is 4.00. The lowest BCUT2D eigenvalue weighted by Gasteiger charge is -2.35. The van der Waals surface area contributed by atoms with Crippen molar-refractivity contribution in [3.8, 4) is 0 Å². The van der Waals surface area contributed by atoms with E-state index in [0.717, 1.165) is 25.9 Å². The van der Waals surface area contributed by atoms with E-state index in [1.807, 2.05) is 11.9 Å². The fourth-order valence-corrected chi connectivity index (χ4v) is 1.85. The number of likely N-dealkylation sites (N-methyl/N-ethyl adjacent to an activating group) is 1. The van der Waals surface area contributed by atoms with Gasteiger partial charge in [-0.25, -0.2) is 0 Å². The van der Waals surface area contributed by atoms with Crippen LogP contribution in [0.25, 0.3) is 0 Å². The van der Waals surface area contributed by atoms with Crippen LogP contribution in [0.3, 0.4) is 0 Å². The molecule has 3 nitrogen and oxygen atoms in total. The molecule has 0 unspecified atom stereocenters. The van der Waals surface area contributed by atoms with Crippen molar-refractivity contribution in [2.24, 2.45) is 0 Å². The number of hydrogen-bond acceptors (Lipinski definition) is 2. The molecule has 14 heavy (non-hydrogen) atoms. The second-order valence-corrected chi connectivity index (χ2v) is 4.23. The third kappa shape index (κ3) is 2.58. The van der Waals surface area contributed by atoms with E-state index in [1.54, 1.807) is 6.92 Å². The third-order valence-electron chi connectivity index (χ3n) is 2.92. The van der Waals surface area contributed by atoms with Gasteiger partial charge in [0.15, 0.2) is 0 Å². The Balaban J connectivity index is 2.49. The van der Waals surface area contributed by atoms with Crippen LogP contribution in [0, 0.1) is 0 Å². The number of carbonyl (C=O) groups excluding carboxylic acids is 1. The largest absolute Gasteiger partial charge is 0.339 e. The first kappa shape index (κ1) is 11.2. The second-order valence-electron chi connectivity index (χ2n) is 4.23. The number of hydrogen-bond donors (Lipinski definition) is 0. The molecule has 0 spiro atoms. The van der Waals surface area contributed by atoms with Crippen LogP contribution in [-0.2, 0) is 4.79 Å². The van der Waals surface area contributed by atoms with Gasteiger partial charge in [-0.3, -0.25) is 4.79 Å². The average Bonchev–Trinajstić information content (AvgIpc) is 2.16. The summed E-state index contributed by atoms with van der Waals surface area (Å²) in [5, 5.41) is 0. The van der Waals surface area contributed by atoms with Crippen LogP contribution in [-0.4, -0.2) is 48.9 Å². The van der Waals surface area contributed by atoms with Gasteiger partial charge >= 0.3 is 0 Å². The maximum Gasteiger partial charge on any atom is 0.248 e. The van der Waals surface area contributed by atoms with Crippen molar-refractivity contribution < 1.29 is 4.79 Å². The molecule has 1 amide bonds. The Bertz CT molecular complexity index is 229. The van der Waals surface area contributed by atoms with Gasteiger partial charge in [0.05, 0.1) is 0 Å². The van der Waals surface area contributed by atoms with E-state index in [0.29, 0.717) is 11.6 Å². The van der Waals surface area contributed by atoms with E-state index < -0.39 is 0 Å². The van der Waals surface area contributed by atoms with Crippen LogP contribution in [0.4, 0.5) is 0 Å². The molecule has 0 radical (unpaired) electrons. The summed E-state index contributed by atoms with van der Waals surface area (Å²) >= 11 is 0. The van der Waals surface area contributed by atoms with E-state index in [2.05, 4.69) is 18.5 Å². The summed E-state index contributed by atoms with van der Waals surface area (Å²) in [5.74, 6) is 0.0829. The minimum absolute atomic E-state index is 0.0829. The molecule has 0 aromatic heterocycles. The van der Waals surface area contributed by atoms with Crippen molar-refractivity contribution in [3.05, 3.63) is 12.2 Å². The molecule has 0 atom stereocenters. The van der Waals surface area contributed by atoms with Crippen LogP contribution < -0.4 is 0 Å². The SMILES string of the molecule is C=C(C)C(=O)N(C)C1CCN(C)CC1. The van der Waals surface area contributed by atoms with E-state index in [1.165, 1.54) is 0 Å². The average molecular weight is 196 g/mol.